The minimum Gasteiger partial charge on any atom is -0.393 e. The van der Waals surface area contributed by atoms with E-state index in [4.69, 9.17) is 0 Å². The molecule has 0 spiro atoms. The third-order valence-electron chi connectivity index (χ3n) is 4.91. The van der Waals surface area contributed by atoms with Gasteiger partial charge in [-0.1, -0.05) is 0 Å². The fourth-order valence-electron chi connectivity index (χ4n) is 3.19. The number of piperidine rings is 1. The maximum atomic E-state index is 10.6. The van der Waals surface area contributed by atoms with Crippen molar-refractivity contribution in [1.82, 2.24) is 14.9 Å². The molecule has 22 heavy (non-hydrogen) atoms. The molecule has 3 rings (SSSR count). The van der Waals surface area contributed by atoms with Crippen LogP contribution < -0.4 is 5.32 Å². The molecule has 0 amide bonds. The number of aliphatic hydroxyl groups is 2. The minimum atomic E-state index is -0.655. The van der Waals surface area contributed by atoms with Gasteiger partial charge in [0.2, 0.25) is 0 Å². The van der Waals surface area contributed by atoms with Gasteiger partial charge in [0.05, 0.1) is 11.7 Å². The summed E-state index contributed by atoms with van der Waals surface area (Å²) in [5.74, 6) is 1.84. The van der Waals surface area contributed by atoms with Gasteiger partial charge in [-0.2, -0.15) is 0 Å². The van der Waals surface area contributed by atoms with E-state index in [9.17, 15) is 10.2 Å². The van der Waals surface area contributed by atoms with Gasteiger partial charge in [-0.05, 0) is 39.7 Å². The highest BCUT2D eigenvalue weighted by molar-refractivity contribution is 5.38. The van der Waals surface area contributed by atoms with Crippen molar-refractivity contribution in [3.8, 4) is 0 Å². The number of hydrogen-bond donors (Lipinski definition) is 3. The Labute approximate surface area is 131 Å². The Morgan fingerprint density at radius 2 is 2.00 bits per heavy atom. The number of nitrogens with zero attached hydrogens (tertiary/aromatic N) is 3. The molecule has 1 aromatic heterocycles. The van der Waals surface area contributed by atoms with Gasteiger partial charge in [0.1, 0.15) is 11.6 Å². The van der Waals surface area contributed by atoms with Crippen LogP contribution >= 0.6 is 0 Å². The van der Waals surface area contributed by atoms with Gasteiger partial charge in [0.15, 0.2) is 0 Å². The van der Waals surface area contributed by atoms with Crippen LogP contribution in [0.5, 0.6) is 0 Å². The molecule has 0 radical (unpaired) electrons. The summed E-state index contributed by atoms with van der Waals surface area (Å²) in [4.78, 5) is 11.1. The van der Waals surface area contributed by atoms with Gasteiger partial charge < -0.3 is 20.4 Å². The highest BCUT2D eigenvalue weighted by Crippen LogP contribution is 2.36. The first kappa shape index (κ1) is 15.6. The maximum absolute atomic E-state index is 10.6. The van der Waals surface area contributed by atoms with Crippen LogP contribution in [0.15, 0.2) is 6.07 Å². The number of anilines is 1. The van der Waals surface area contributed by atoms with Gasteiger partial charge in [-0.3, -0.25) is 0 Å². The molecule has 1 aromatic rings. The number of aliphatic hydroxyl groups excluding tert-OH is 1. The van der Waals surface area contributed by atoms with E-state index in [1.807, 2.05) is 13.0 Å². The molecule has 0 unspecified atom stereocenters. The van der Waals surface area contributed by atoms with Crippen molar-refractivity contribution >= 4 is 5.82 Å². The lowest BCUT2D eigenvalue weighted by atomic mass is 9.80. The number of likely N-dealkylation sites (tertiary alicyclic amines) is 1. The predicted octanol–water partition coefficient (Wildman–Crippen LogP) is 0.892. The second kappa shape index (κ2) is 6.10. The normalized spacial score (nSPS) is 28.2. The van der Waals surface area contributed by atoms with Crippen molar-refractivity contribution in [3.05, 3.63) is 17.6 Å². The predicted molar refractivity (Wildman–Crippen MR) is 84.9 cm³/mol. The Kier molecular flexibility index (Phi) is 4.34. The number of aryl methyl sites for hydroxylation is 1. The third-order valence-corrected chi connectivity index (χ3v) is 4.91. The van der Waals surface area contributed by atoms with Gasteiger partial charge in [-0.15, -0.1) is 0 Å². The van der Waals surface area contributed by atoms with Crippen molar-refractivity contribution in [1.29, 1.82) is 0 Å². The van der Waals surface area contributed by atoms with E-state index in [2.05, 4.69) is 27.2 Å². The topological polar surface area (TPSA) is 81.5 Å². The molecule has 0 atom stereocenters. The van der Waals surface area contributed by atoms with Crippen molar-refractivity contribution in [2.45, 2.75) is 50.2 Å². The summed E-state index contributed by atoms with van der Waals surface area (Å²) in [6.45, 7) is 4.25. The van der Waals surface area contributed by atoms with E-state index >= 15 is 0 Å². The number of rotatable bonds is 4. The summed E-state index contributed by atoms with van der Waals surface area (Å²) in [6, 6.07) is 1.96. The van der Waals surface area contributed by atoms with Gasteiger partial charge in [0, 0.05) is 37.3 Å². The van der Waals surface area contributed by atoms with Crippen molar-refractivity contribution in [2.24, 2.45) is 0 Å². The number of aromatic nitrogens is 2. The first-order valence-corrected chi connectivity index (χ1v) is 8.12. The Morgan fingerprint density at radius 3 is 2.64 bits per heavy atom. The van der Waals surface area contributed by atoms with E-state index < -0.39 is 5.60 Å². The van der Waals surface area contributed by atoms with Gasteiger partial charge >= 0.3 is 0 Å². The van der Waals surface area contributed by atoms with E-state index in [0.29, 0.717) is 12.5 Å². The molecule has 3 N–H and O–H groups in total. The average Bonchev–Trinajstić information content (AvgIpc) is 2.45. The fraction of sp³-hybridized carbons (Fsp3) is 0.750. The fourth-order valence-corrected chi connectivity index (χ4v) is 3.19. The standard InChI is InChI=1S/C16H26N4O2/c1-11-18-14(12-7-13(21)8-12)9-15(19-11)17-10-16(22)3-5-20(2)6-4-16/h9,12-13,21-22H,3-8,10H2,1-2H3,(H,17,18,19). The van der Waals surface area contributed by atoms with Crippen molar-refractivity contribution in [3.63, 3.8) is 0 Å². The summed E-state index contributed by atoms with van der Waals surface area (Å²) in [6.07, 6.45) is 2.94. The molecular weight excluding hydrogens is 280 g/mol. The third kappa shape index (κ3) is 3.56. The molecule has 1 saturated heterocycles. The largest absolute Gasteiger partial charge is 0.393 e. The Bertz CT molecular complexity index is 523. The molecule has 6 nitrogen and oxygen atoms in total. The van der Waals surface area contributed by atoms with Crippen LogP contribution in [0, 0.1) is 6.92 Å². The smallest absolute Gasteiger partial charge is 0.130 e. The summed E-state index contributed by atoms with van der Waals surface area (Å²) in [5, 5.41) is 23.4. The lowest BCUT2D eigenvalue weighted by molar-refractivity contribution is -0.00409. The average molecular weight is 306 g/mol. The Morgan fingerprint density at radius 1 is 1.32 bits per heavy atom. The van der Waals surface area contributed by atoms with E-state index in [0.717, 1.165) is 56.1 Å². The summed E-state index contributed by atoms with van der Waals surface area (Å²) >= 11 is 0. The number of hydrogen-bond acceptors (Lipinski definition) is 6. The highest BCUT2D eigenvalue weighted by atomic mass is 16.3. The molecule has 122 valence electrons. The number of nitrogens with one attached hydrogen (secondary N) is 1. The van der Waals surface area contributed by atoms with Crippen LogP contribution in [0.25, 0.3) is 0 Å². The van der Waals surface area contributed by atoms with Crippen molar-refractivity contribution in [2.75, 3.05) is 32.0 Å². The molecule has 0 aromatic carbocycles. The van der Waals surface area contributed by atoms with E-state index in [-0.39, 0.29) is 6.10 Å². The zero-order valence-electron chi connectivity index (χ0n) is 13.4. The van der Waals surface area contributed by atoms with Crippen LogP contribution in [-0.2, 0) is 0 Å². The molecule has 2 fully saturated rings. The second-order valence-corrected chi connectivity index (χ2v) is 6.93. The summed E-state index contributed by atoms with van der Waals surface area (Å²) in [5.41, 5.74) is 0.341. The summed E-state index contributed by atoms with van der Waals surface area (Å²) < 4.78 is 0. The zero-order chi connectivity index (χ0) is 15.7. The lowest BCUT2D eigenvalue weighted by Gasteiger charge is -2.36. The monoisotopic (exact) mass is 306 g/mol. The second-order valence-electron chi connectivity index (χ2n) is 6.93. The van der Waals surface area contributed by atoms with Gasteiger partial charge in [0.25, 0.3) is 0 Å². The van der Waals surface area contributed by atoms with Crippen LogP contribution in [-0.4, -0.2) is 63.5 Å². The van der Waals surface area contributed by atoms with Crippen LogP contribution in [0.2, 0.25) is 0 Å². The Balaban J connectivity index is 1.62. The quantitative estimate of drug-likeness (QED) is 0.766. The molecule has 1 saturated carbocycles. The molecule has 0 bridgehead atoms. The van der Waals surface area contributed by atoms with Crippen LogP contribution in [0.4, 0.5) is 5.82 Å². The summed E-state index contributed by atoms with van der Waals surface area (Å²) in [7, 11) is 2.08. The maximum Gasteiger partial charge on any atom is 0.130 e. The minimum absolute atomic E-state index is 0.184. The Hall–Kier alpha value is -1.24. The molecule has 6 heteroatoms. The highest BCUT2D eigenvalue weighted by Gasteiger charge is 2.32. The van der Waals surface area contributed by atoms with Gasteiger partial charge in [-0.25, -0.2) is 9.97 Å². The molecular formula is C16H26N4O2. The van der Waals surface area contributed by atoms with Crippen LogP contribution in [0.3, 0.4) is 0 Å². The van der Waals surface area contributed by atoms with Crippen molar-refractivity contribution < 1.29 is 10.2 Å². The lowest BCUT2D eigenvalue weighted by Crippen LogP contribution is -2.47. The molecule has 2 aliphatic rings. The first-order chi connectivity index (χ1) is 10.4. The zero-order valence-corrected chi connectivity index (χ0v) is 13.4. The van der Waals surface area contributed by atoms with Crippen LogP contribution in [0.1, 0.15) is 43.1 Å². The SMILES string of the molecule is Cc1nc(NCC2(O)CCN(C)CC2)cc(C2CC(O)C2)n1. The molecule has 1 aliphatic carbocycles. The van der Waals surface area contributed by atoms with E-state index in [1.54, 1.807) is 0 Å². The molecule has 2 heterocycles. The van der Waals surface area contributed by atoms with E-state index in [1.165, 1.54) is 0 Å². The molecule has 1 aliphatic heterocycles. The first-order valence-electron chi connectivity index (χ1n) is 8.12.